The predicted octanol–water partition coefficient (Wildman–Crippen LogP) is 0.001000. The summed E-state index contributed by atoms with van der Waals surface area (Å²) in [5.74, 6) is 1.42. The van der Waals surface area contributed by atoms with Gasteiger partial charge in [0.15, 0.2) is 5.82 Å². The SMILES string of the molecule is Nc1ccc(N2CCNC3(CC3)C2)nn1. The van der Waals surface area contributed by atoms with E-state index < -0.39 is 0 Å². The third kappa shape index (κ3) is 1.63. The van der Waals surface area contributed by atoms with Gasteiger partial charge in [0.05, 0.1) is 0 Å². The van der Waals surface area contributed by atoms with Crippen molar-refractivity contribution in [1.82, 2.24) is 15.5 Å². The topological polar surface area (TPSA) is 67.1 Å². The smallest absolute Gasteiger partial charge is 0.151 e. The molecule has 2 fully saturated rings. The highest BCUT2D eigenvalue weighted by Gasteiger charge is 2.45. The van der Waals surface area contributed by atoms with Crippen molar-refractivity contribution < 1.29 is 0 Å². The van der Waals surface area contributed by atoms with Crippen molar-refractivity contribution in [2.45, 2.75) is 18.4 Å². The summed E-state index contributed by atoms with van der Waals surface area (Å²) in [4.78, 5) is 2.29. The number of nitrogens with one attached hydrogen (secondary N) is 1. The van der Waals surface area contributed by atoms with Crippen LogP contribution in [0.1, 0.15) is 12.8 Å². The van der Waals surface area contributed by atoms with Crippen LogP contribution in [-0.4, -0.2) is 35.4 Å². The molecule has 0 amide bonds. The molecule has 15 heavy (non-hydrogen) atoms. The molecule has 0 bridgehead atoms. The van der Waals surface area contributed by atoms with Crippen molar-refractivity contribution in [3.8, 4) is 0 Å². The summed E-state index contributed by atoms with van der Waals surface area (Å²) in [6.07, 6.45) is 2.57. The molecule has 1 aliphatic carbocycles. The van der Waals surface area contributed by atoms with Crippen LogP contribution in [-0.2, 0) is 0 Å². The molecule has 1 saturated heterocycles. The molecule has 1 spiro atoms. The maximum Gasteiger partial charge on any atom is 0.151 e. The Morgan fingerprint density at radius 2 is 2.20 bits per heavy atom. The minimum absolute atomic E-state index is 0.376. The van der Waals surface area contributed by atoms with E-state index in [1.165, 1.54) is 12.8 Å². The van der Waals surface area contributed by atoms with Gasteiger partial charge in [0.1, 0.15) is 5.82 Å². The number of nitrogens with two attached hydrogens (primary N) is 1. The average molecular weight is 205 g/mol. The zero-order valence-corrected chi connectivity index (χ0v) is 8.61. The van der Waals surface area contributed by atoms with Crippen molar-refractivity contribution in [1.29, 1.82) is 0 Å². The van der Waals surface area contributed by atoms with Gasteiger partial charge in [-0.1, -0.05) is 0 Å². The third-order valence-corrected chi connectivity index (χ3v) is 3.22. The molecule has 1 saturated carbocycles. The Labute approximate surface area is 88.7 Å². The maximum atomic E-state index is 5.52. The summed E-state index contributed by atoms with van der Waals surface area (Å²) in [6.45, 7) is 3.08. The number of piperazine rings is 1. The van der Waals surface area contributed by atoms with Gasteiger partial charge < -0.3 is 16.0 Å². The van der Waals surface area contributed by atoms with Crippen LogP contribution in [0.3, 0.4) is 0 Å². The van der Waals surface area contributed by atoms with Crippen LogP contribution in [0.5, 0.6) is 0 Å². The van der Waals surface area contributed by atoms with E-state index in [4.69, 9.17) is 5.73 Å². The zero-order valence-electron chi connectivity index (χ0n) is 8.61. The number of nitrogen functional groups attached to an aromatic ring is 1. The summed E-state index contributed by atoms with van der Waals surface area (Å²) >= 11 is 0. The zero-order chi connectivity index (χ0) is 10.3. The van der Waals surface area contributed by atoms with E-state index in [1.807, 2.05) is 12.1 Å². The Kier molecular flexibility index (Phi) is 1.82. The summed E-state index contributed by atoms with van der Waals surface area (Å²) < 4.78 is 0. The Bertz CT molecular complexity index is 357. The summed E-state index contributed by atoms with van der Waals surface area (Å²) in [5, 5.41) is 11.6. The van der Waals surface area contributed by atoms with Gasteiger partial charge in [-0.2, -0.15) is 0 Å². The maximum absolute atomic E-state index is 5.52. The monoisotopic (exact) mass is 205 g/mol. The van der Waals surface area contributed by atoms with Gasteiger partial charge in [-0.05, 0) is 25.0 Å². The first-order chi connectivity index (χ1) is 7.27. The van der Waals surface area contributed by atoms with Crippen LogP contribution in [0.15, 0.2) is 12.1 Å². The highest BCUT2D eigenvalue weighted by molar-refractivity contribution is 5.43. The first kappa shape index (κ1) is 8.91. The van der Waals surface area contributed by atoms with Gasteiger partial charge in [0.25, 0.3) is 0 Å². The second-order valence-corrected chi connectivity index (χ2v) is 4.45. The normalized spacial score (nSPS) is 23.1. The van der Waals surface area contributed by atoms with Crippen molar-refractivity contribution >= 4 is 11.6 Å². The second kappa shape index (κ2) is 3.06. The fourth-order valence-electron chi connectivity index (χ4n) is 2.14. The molecule has 2 heterocycles. The molecule has 2 aliphatic rings. The average Bonchev–Trinajstić information content (AvgIpc) is 2.99. The van der Waals surface area contributed by atoms with Gasteiger partial charge in [-0.15, -0.1) is 10.2 Å². The third-order valence-electron chi connectivity index (χ3n) is 3.22. The molecule has 1 aliphatic heterocycles. The van der Waals surface area contributed by atoms with E-state index in [0.717, 1.165) is 25.5 Å². The molecule has 0 unspecified atom stereocenters. The molecule has 0 aromatic carbocycles. The first-order valence-electron chi connectivity index (χ1n) is 5.37. The molecular formula is C10H15N5. The Balaban J connectivity index is 1.78. The van der Waals surface area contributed by atoms with Gasteiger partial charge >= 0.3 is 0 Å². The molecule has 1 aromatic heterocycles. The molecule has 0 radical (unpaired) electrons. The van der Waals surface area contributed by atoms with Crippen molar-refractivity contribution in [2.24, 2.45) is 0 Å². The predicted molar refractivity (Wildman–Crippen MR) is 58.6 cm³/mol. The van der Waals surface area contributed by atoms with Gasteiger partial charge in [-0.25, -0.2) is 0 Å². The highest BCUT2D eigenvalue weighted by Crippen LogP contribution is 2.38. The number of hydrogen-bond donors (Lipinski definition) is 2. The number of rotatable bonds is 1. The molecule has 0 atom stereocenters. The lowest BCUT2D eigenvalue weighted by molar-refractivity contribution is 0.439. The minimum Gasteiger partial charge on any atom is -0.382 e. The Morgan fingerprint density at radius 3 is 2.87 bits per heavy atom. The molecule has 1 aromatic rings. The number of hydrogen-bond acceptors (Lipinski definition) is 5. The highest BCUT2D eigenvalue weighted by atomic mass is 15.3. The van der Waals surface area contributed by atoms with Crippen LogP contribution in [0.25, 0.3) is 0 Å². The van der Waals surface area contributed by atoms with Crippen LogP contribution in [0.4, 0.5) is 11.6 Å². The van der Waals surface area contributed by atoms with Crippen molar-refractivity contribution in [2.75, 3.05) is 30.3 Å². The van der Waals surface area contributed by atoms with E-state index in [9.17, 15) is 0 Å². The van der Waals surface area contributed by atoms with Crippen molar-refractivity contribution in [3.63, 3.8) is 0 Å². The summed E-state index contributed by atoms with van der Waals surface area (Å²) in [6, 6.07) is 3.76. The second-order valence-electron chi connectivity index (χ2n) is 4.45. The lowest BCUT2D eigenvalue weighted by Crippen LogP contribution is -2.52. The van der Waals surface area contributed by atoms with Gasteiger partial charge in [0.2, 0.25) is 0 Å². The van der Waals surface area contributed by atoms with Crippen molar-refractivity contribution in [3.05, 3.63) is 12.1 Å². The summed E-state index contributed by atoms with van der Waals surface area (Å²) in [7, 11) is 0. The molecule has 3 N–H and O–H groups in total. The standard InChI is InChI=1S/C10H15N5/c11-8-1-2-9(14-13-8)15-6-5-12-10(7-15)3-4-10/h1-2,12H,3-7H2,(H2,11,13). The van der Waals surface area contributed by atoms with Gasteiger partial charge in [0, 0.05) is 25.2 Å². The summed E-state index contributed by atoms with van der Waals surface area (Å²) in [5.41, 5.74) is 5.89. The largest absolute Gasteiger partial charge is 0.382 e. The van der Waals surface area contributed by atoms with E-state index >= 15 is 0 Å². The quantitative estimate of drug-likeness (QED) is 0.675. The van der Waals surface area contributed by atoms with E-state index in [2.05, 4.69) is 20.4 Å². The van der Waals surface area contributed by atoms with E-state index in [0.29, 0.717) is 11.4 Å². The van der Waals surface area contributed by atoms with E-state index in [-0.39, 0.29) is 0 Å². The van der Waals surface area contributed by atoms with Gasteiger partial charge in [-0.3, -0.25) is 0 Å². The van der Waals surface area contributed by atoms with Crippen LogP contribution in [0.2, 0.25) is 0 Å². The van der Waals surface area contributed by atoms with Crippen LogP contribution in [0, 0.1) is 0 Å². The number of aromatic nitrogens is 2. The fourth-order valence-corrected chi connectivity index (χ4v) is 2.14. The Morgan fingerprint density at radius 1 is 1.33 bits per heavy atom. The molecule has 5 heteroatoms. The van der Waals surface area contributed by atoms with Crippen LogP contribution < -0.4 is 16.0 Å². The minimum atomic E-state index is 0.376. The van der Waals surface area contributed by atoms with Crippen LogP contribution >= 0.6 is 0 Å². The molecule has 80 valence electrons. The Hall–Kier alpha value is -1.36. The fraction of sp³-hybridized carbons (Fsp3) is 0.600. The molecular weight excluding hydrogens is 190 g/mol. The lowest BCUT2D eigenvalue weighted by Gasteiger charge is -2.34. The number of anilines is 2. The van der Waals surface area contributed by atoms with E-state index in [1.54, 1.807) is 0 Å². The molecule has 5 nitrogen and oxygen atoms in total. The first-order valence-corrected chi connectivity index (χ1v) is 5.37. The lowest BCUT2D eigenvalue weighted by atomic mass is 10.2. The molecule has 3 rings (SSSR count). The number of nitrogens with zero attached hydrogens (tertiary/aromatic N) is 3.